The topological polar surface area (TPSA) is 96.2 Å². The number of carbonyl (C=O) groups excluding carboxylic acids is 2. The standard InChI is InChI=1S/C26H27N3O5/c1-24(2)11-13-28-18(22(31)27-12-5-6-17(27)21(28)30)14-26(32)16-7-8-19-15(9-10-25(3,4)34-19)20(16)29(33)23(24)26/h6-11,13,18,32H,5,12,14H2,1-4H3/t18-,26-/m0/s1. The van der Waals surface area contributed by atoms with Crippen LogP contribution in [0.1, 0.15) is 51.7 Å². The van der Waals surface area contributed by atoms with Gasteiger partial charge in [0.2, 0.25) is 17.3 Å². The van der Waals surface area contributed by atoms with E-state index in [4.69, 9.17) is 4.74 Å². The molecular formula is C26H27N3O5. The van der Waals surface area contributed by atoms with Crippen LogP contribution in [-0.2, 0) is 15.2 Å². The van der Waals surface area contributed by atoms with E-state index < -0.39 is 22.7 Å². The lowest BCUT2D eigenvalue weighted by molar-refractivity contribution is -0.364. The van der Waals surface area contributed by atoms with Gasteiger partial charge < -0.3 is 24.9 Å². The van der Waals surface area contributed by atoms with Gasteiger partial charge in [-0.2, -0.15) is 4.74 Å². The Morgan fingerprint density at radius 2 is 1.94 bits per heavy atom. The van der Waals surface area contributed by atoms with Crippen LogP contribution in [0.3, 0.4) is 0 Å². The first-order valence-corrected chi connectivity index (χ1v) is 11.6. The maximum atomic E-state index is 13.8. The molecule has 0 unspecified atom stereocenters. The van der Waals surface area contributed by atoms with E-state index in [2.05, 4.69) is 0 Å². The maximum absolute atomic E-state index is 13.8. The highest BCUT2D eigenvalue weighted by Gasteiger charge is 2.60. The van der Waals surface area contributed by atoms with E-state index in [0.29, 0.717) is 41.2 Å². The number of fused-ring (bicyclic) bond motifs is 7. The van der Waals surface area contributed by atoms with Crippen molar-refractivity contribution in [2.45, 2.75) is 57.8 Å². The first-order chi connectivity index (χ1) is 15.9. The monoisotopic (exact) mass is 461 g/mol. The third kappa shape index (κ3) is 2.60. The molecule has 0 saturated carbocycles. The van der Waals surface area contributed by atoms with Gasteiger partial charge in [-0.3, -0.25) is 9.59 Å². The molecule has 1 aromatic rings. The maximum Gasteiger partial charge on any atom is 0.274 e. The molecule has 5 aliphatic rings. The number of rotatable bonds is 0. The number of hydrogen-bond acceptors (Lipinski definition) is 5. The van der Waals surface area contributed by atoms with E-state index in [1.54, 1.807) is 30.5 Å². The molecule has 1 fully saturated rings. The molecular weight excluding hydrogens is 434 g/mol. The zero-order chi connectivity index (χ0) is 24.2. The lowest BCUT2D eigenvalue weighted by atomic mass is 9.71. The fourth-order valence-electron chi connectivity index (χ4n) is 5.95. The molecule has 1 N–H and O–H groups in total. The highest BCUT2D eigenvalue weighted by molar-refractivity contribution is 6.07. The molecule has 2 amide bonds. The molecule has 34 heavy (non-hydrogen) atoms. The molecule has 8 heteroatoms. The van der Waals surface area contributed by atoms with E-state index >= 15 is 0 Å². The Bertz CT molecular complexity index is 1300. The molecule has 0 aliphatic carbocycles. The summed E-state index contributed by atoms with van der Waals surface area (Å²) in [5.74, 6) is 0.0630. The predicted molar refractivity (Wildman–Crippen MR) is 125 cm³/mol. The summed E-state index contributed by atoms with van der Waals surface area (Å²) < 4.78 is 6.87. The fourth-order valence-corrected chi connectivity index (χ4v) is 5.95. The Morgan fingerprint density at radius 3 is 2.71 bits per heavy atom. The molecule has 0 aromatic heterocycles. The Hall–Kier alpha value is -3.39. The number of amides is 2. The molecule has 1 saturated heterocycles. The molecule has 5 aliphatic heterocycles. The van der Waals surface area contributed by atoms with Crippen molar-refractivity contribution >= 4 is 29.3 Å². The first-order valence-electron chi connectivity index (χ1n) is 11.6. The molecule has 2 atom stereocenters. The van der Waals surface area contributed by atoms with Crippen LogP contribution in [0, 0.1) is 10.6 Å². The number of aliphatic hydroxyl groups is 1. The second-order valence-electron chi connectivity index (χ2n) is 10.8. The van der Waals surface area contributed by atoms with Crippen molar-refractivity contribution in [3.05, 3.63) is 58.6 Å². The lowest BCUT2D eigenvalue weighted by Crippen LogP contribution is -2.60. The fraction of sp³-hybridized carbons (Fsp3) is 0.423. The minimum atomic E-state index is -1.74. The smallest absolute Gasteiger partial charge is 0.274 e. The van der Waals surface area contributed by atoms with Crippen molar-refractivity contribution in [1.82, 2.24) is 9.80 Å². The highest BCUT2D eigenvalue weighted by Crippen LogP contribution is 2.52. The lowest BCUT2D eigenvalue weighted by Gasteiger charge is -2.43. The molecule has 0 spiro atoms. The number of benzene rings is 1. The molecule has 1 aromatic carbocycles. The van der Waals surface area contributed by atoms with E-state index in [-0.39, 0.29) is 23.9 Å². The van der Waals surface area contributed by atoms with Crippen LogP contribution < -0.4 is 4.74 Å². The summed E-state index contributed by atoms with van der Waals surface area (Å²) in [6.45, 7) is 7.98. The molecule has 176 valence electrons. The van der Waals surface area contributed by atoms with Gasteiger partial charge in [0, 0.05) is 19.2 Å². The van der Waals surface area contributed by atoms with Crippen molar-refractivity contribution in [2.75, 3.05) is 6.54 Å². The first kappa shape index (κ1) is 21.2. The summed E-state index contributed by atoms with van der Waals surface area (Å²) in [6.07, 6.45) is 9.37. The van der Waals surface area contributed by atoms with E-state index in [9.17, 15) is 19.9 Å². The molecule has 8 nitrogen and oxygen atoms in total. The molecule has 0 bridgehead atoms. The van der Waals surface area contributed by atoms with Crippen LogP contribution in [0.5, 0.6) is 5.75 Å². The van der Waals surface area contributed by atoms with Gasteiger partial charge in [-0.1, -0.05) is 12.2 Å². The third-order valence-electron chi connectivity index (χ3n) is 7.52. The Morgan fingerprint density at radius 1 is 1.18 bits per heavy atom. The van der Waals surface area contributed by atoms with Crippen molar-refractivity contribution in [1.29, 1.82) is 0 Å². The normalized spacial score (nSPS) is 30.0. The van der Waals surface area contributed by atoms with Gasteiger partial charge in [-0.25, -0.2) is 0 Å². The number of hydrogen-bond donors (Lipinski definition) is 1. The second-order valence-corrected chi connectivity index (χ2v) is 10.8. The summed E-state index contributed by atoms with van der Waals surface area (Å²) >= 11 is 0. The number of ether oxygens (including phenoxy) is 1. The second kappa shape index (κ2) is 6.39. The van der Waals surface area contributed by atoms with Gasteiger partial charge in [0.05, 0.1) is 16.5 Å². The van der Waals surface area contributed by atoms with Crippen molar-refractivity contribution in [3.8, 4) is 5.75 Å². The van der Waals surface area contributed by atoms with Crippen LogP contribution in [0.2, 0.25) is 0 Å². The van der Waals surface area contributed by atoms with Gasteiger partial charge >= 0.3 is 0 Å². The van der Waals surface area contributed by atoms with Gasteiger partial charge in [-0.05, 0) is 58.4 Å². The van der Waals surface area contributed by atoms with Crippen LogP contribution in [-0.4, -0.2) is 55.4 Å². The number of allylic oxidation sites excluding steroid dienone is 1. The van der Waals surface area contributed by atoms with Crippen molar-refractivity contribution in [3.63, 3.8) is 0 Å². The molecule has 0 radical (unpaired) electrons. The Kier molecular flexibility index (Phi) is 3.97. The molecule has 6 rings (SSSR count). The van der Waals surface area contributed by atoms with Gasteiger partial charge in [0.25, 0.3) is 5.91 Å². The summed E-state index contributed by atoms with van der Waals surface area (Å²) in [6, 6.07) is 2.56. The Balaban J connectivity index is 1.56. The van der Waals surface area contributed by atoms with Gasteiger partial charge in [0.15, 0.2) is 5.60 Å². The number of nitrogens with zero attached hydrogens (tertiary/aromatic N) is 3. The largest absolute Gasteiger partial charge is 0.618 e. The summed E-state index contributed by atoms with van der Waals surface area (Å²) in [5, 5.41) is 26.1. The minimum Gasteiger partial charge on any atom is -0.618 e. The zero-order valence-electron chi connectivity index (χ0n) is 19.7. The number of piperazine rings is 1. The molecule has 5 heterocycles. The van der Waals surface area contributed by atoms with Crippen LogP contribution in [0.25, 0.3) is 6.08 Å². The van der Waals surface area contributed by atoms with Crippen LogP contribution in [0.15, 0.2) is 42.3 Å². The van der Waals surface area contributed by atoms with E-state index in [0.717, 1.165) is 4.74 Å². The third-order valence-corrected chi connectivity index (χ3v) is 7.52. The van der Waals surface area contributed by atoms with Gasteiger partial charge in [-0.15, -0.1) is 0 Å². The van der Waals surface area contributed by atoms with E-state index in [1.165, 1.54) is 9.80 Å². The quantitative estimate of drug-likeness (QED) is 0.473. The van der Waals surface area contributed by atoms with Gasteiger partial charge in [0.1, 0.15) is 23.1 Å². The van der Waals surface area contributed by atoms with Crippen molar-refractivity contribution in [2.24, 2.45) is 5.41 Å². The summed E-state index contributed by atoms with van der Waals surface area (Å²) in [7, 11) is 0. The average Bonchev–Trinajstić information content (AvgIpc) is 3.32. The number of carbonyl (C=O) groups is 2. The highest BCUT2D eigenvalue weighted by atomic mass is 16.5. The van der Waals surface area contributed by atoms with Crippen LogP contribution in [0.4, 0.5) is 5.69 Å². The average molecular weight is 462 g/mol. The Labute approximate surface area is 197 Å². The van der Waals surface area contributed by atoms with Crippen molar-refractivity contribution < 1.29 is 24.2 Å². The summed E-state index contributed by atoms with van der Waals surface area (Å²) in [4.78, 5) is 29.6. The van der Waals surface area contributed by atoms with E-state index in [1.807, 2.05) is 39.8 Å². The minimum absolute atomic E-state index is 0.106. The predicted octanol–water partition coefficient (Wildman–Crippen LogP) is 2.93. The SMILES string of the molecule is CC1(C)C=Cc2c(ccc3c2[N+]([O-])=C2C(C)(C)C=CN4C(=O)C5=CCCN5C(=O)[C@@H]4C[C@@]23O)O1. The zero-order valence-corrected chi connectivity index (χ0v) is 19.7. The van der Waals surface area contributed by atoms with Crippen LogP contribution >= 0.6 is 0 Å². The summed E-state index contributed by atoms with van der Waals surface area (Å²) in [5.41, 5.74) is -1.16.